The first-order chi connectivity index (χ1) is 4.75. The molecule has 0 unspecified atom stereocenters. The molecule has 50 valence electrons. The Morgan fingerprint density at radius 2 is 1.70 bits per heavy atom. The molecule has 0 aliphatic rings. The van der Waals surface area contributed by atoms with Gasteiger partial charge < -0.3 is 0 Å². The Balaban J connectivity index is 3.34. The molecule has 0 heterocycles. The van der Waals surface area contributed by atoms with E-state index in [0.29, 0.717) is 5.69 Å². The fourth-order valence-electron chi connectivity index (χ4n) is 0.585. The lowest BCUT2D eigenvalue weighted by Crippen LogP contribution is -1.66. The van der Waals surface area contributed by atoms with Crippen LogP contribution in [0.25, 0.3) is 4.98 Å². The maximum Gasteiger partial charge on any atom is 0.413 e. The van der Waals surface area contributed by atoms with Crippen molar-refractivity contribution in [3.8, 4) is 0 Å². The average Bonchev–Trinajstić information content (AvgIpc) is 1.88. The van der Waals surface area contributed by atoms with Crippen LogP contribution in [-0.4, -0.2) is 0 Å². The molecule has 1 aromatic carbocycles. The van der Waals surface area contributed by atoms with Crippen molar-refractivity contribution in [2.24, 2.45) is 0 Å². The molecule has 0 bridgehead atoms. The molecule has 0 spiro atoms. The number of halogens is 2. The average molecular weight is 263 g/mol. The van der Waals surface area contributed by atoms with Crippen molar-refractivity contribution in [3.05, 3.63) is 32.1 Å². The number of nitrogens with zero attached hydrogens (tertiary/aromatic N) is 2. The molecule has 0 N–H and O–H groups in total. The number of hydrogen-bond acceptors (Lipinski definition) is 1. The third-order valence-corrected chi connectivity index (χ3v) is 2.32. The summed E-state index contributed by atoms with van der Waals surface area (Å²) in [5, 5.41) is 8.46. The van der Waals surface area contributed by atoms with Gasteiger partial charge in [-0.3, -0.25) is 0 Å². The first-order valence-corrected chi connectivity index (χ1v) is 4.13. The first kappa shape index (κ1) is 7.70. The van der Waals surface area contributed by atoms with E-state index in [-0.39, 0.29) is 0 Å². The number of benzene rings is 1. The van der Waals surface area contributed by atoms with Gasteiger partial charge in [-0.1, -0.05) is 6.07 Å². The highest BCUT2D eigenvalue weighted by atomic mass is 79.9. The van der Waals surface area contributed by atoms with Crippen LogP contribution in [0.3, 0.4) is 0 Å². The van der Waals surface area contributed by atoms with Crippen LogP contribution < -0.4 is 0 Å². The van der Waals surface area contributed by atoms with Crippen molar-refractivity contribution in [1.29, 1.82) is 5.39 Å². The van der Waals surface area contributed by atoms with E-state index in [0.717, 1.165) is 8.95 Å². The minimum Gasteiger partial charge on any atom is -0.0594 e. The summed E-state index contributed by atoms with van der Waals surface area (Å²) in [6.45, 7) is 0. The molecule has 2 nitrogen and oxygen atoms in total. The van der Waals surface area contributed by atoms with Crippen LogP contribution in [0.1, 0.15) is 0 Å². The molecule has 0 aliphatic heterocycles. The van der Waals surface area contributed by atoms with Gasteiger partial charge in [-0.15, -0.1) is 0 Å². The number of hydrogen-bond donors (Lipinski definition) is 0. The van der Waals surface area contributed by atoms with Crippen LogP contribution in [0, 0.1) is 5.39 Å². The van der Waals surface area contributed by atoms with Gasteiger partial charge in [0.05, 0.1) is 0 Å². The van der Waals surface area contributed by atoms with Gasteiger partial charge >= 0.3 is 5.69 Å². The standard InChI is InChI=1S/C6H3Br2N2/c7-4-2-1-3-5(8)6(4)10-9/h1-3H/q+1. The summed E-state index contributed by atoms with van der Waals surface area (Å²) in [5.41, 5.74) is 0.516. The van der Waals surface area contributed by atoms with E-state index in [9.17, 15) is 0 Å². The molecule has 0 atom stereocenters. The van der Waals surface area contributed by atoms with Crippen molar-refractivity contribution in [3.63, 3.8) is 0 Å². The van der Waals surface area contributed by atoms with E-state index in [4.69, 9.17) is 5.39 Å². The number of diazo groups is 1. The summed E-state index contributed by atoms with van der Waals surface area (Å²) in [6, 6.07) is 5.46. The molecule has 4 heteroatoms. The van der Waals surface area contributed by atoms with Gasteiger partial charge in [0.2, 0.25) is 5.39 Å². The Kier molecular flexibility index (Phi) is 2.41. The van der Waals surface area contributed by atoms with Gasteiger partial charge in [0.25, 0.3) is 0 Å². The summed E-state index contributed by atoms with van der Waals surface area (Å²) in [6.07, 6.45) is 0. The molecular weight excluding hydrogens is 260 g/mol. The topological polar surface area (TPSA) is 28.1 Å². The zero-order chi connectivity index (χ0) is 7.56. The van der Waals surface area contributed by atoms with E-state index in [1.165, 1.54) is 0 Å². The quantitative estimate of drug-likeness (QED) is 0.656. The van der Waals surface area contributed by atoms with Crippen LogP contribution in [0.2, 0.25) is 0 Å². The second kappa shape index (κ2) is 3.13. The van der Waals surface area contributed by atoms with Gasteiger partial charge in [-0.2, -0.15) is 0 Å². The highest BCUT2D eigenvalue weighted by Crippen LogP contribution is 2.32. The molecule has 0 saturated carbocycles. The highest BCUT2D eigenvalue weighted by molar-refractivity contribution is 9.11. The molecule has 0 fully saturated rings. The fourth-order valence-corrected chi connectivity index (χ4v) is 1.74. The third-order valence-electron chi connectivity index (χ3n) is 1.04. The van der Waals surface area contributed by atoms with Crippen LogP contribution in [0.15, 0.2) is 27.1 Å². The summed E-state index contributed by atoms with van der Waals surface area (Å²) >= 11 is 6.45. The van der Waals surface area contributed by atoms with E-state index in [1.807, 2.05) is 6.07 Å². The molecule has 0 amide bonds. The van der Waals surface area contributed by atoms with E-state index in [2.05, 4.69) is 36.8 Å². The highest BCUT2D eigenvalue weighted by Gasteiger charge is 2.14. The van der Waals surface area contributed by atoms with Crippen LogP contribution >= 0.6 is 31.9 Å². The predicted octanol–water partition coefficient (Wildman–Crippen LogP) is 3.70. The van der Waals surface area contributed by atoms with E-state index < -0.39 is 0 Å². The Morgan fingerprint density at radius 3 is 2.00 bits per heavy atom. The molecule has 1 aromatic rings. The largest absolute Gasteiger partial charge is 0.413 e. The van der Waals surface area contributed by atoms with Gasteiger partial charge in [0, 0.05) is 0 Å². The maximum atomic E-state index is 8.46. The zero-order valence-electron chi connectivity index (χ0n) is 4.88. The second-order valence-corrected chi connectivity index (χ2v) is 3.38. The SMILES string of the molecule is N#[N+]c1c(Br)cccc1Br. The molecule has 0 radical (unpaired) electrons. The van der Waals surface area contributed by atoms with Gasteiger partial charge in [-0.25, -0.2) is 0 Å². The lowest BCUT2D eigenvalue weighted by Gasteiger charge is -1.84. The van der Waals surface area contributed by atoms with Gasteiger partial charge in [0.1, 0.15) is 8.95 Å². The van der Waals surface area contributed by atoms with Crippen molar-refractivity contribution in [2.75, 3.05) is 0 Å². The molecule has 0 aliphatic carbocycles. The smallest absolute Gasteiger partial charge is 0.0594 e. The molecule has 1 rings (SSSR count). The lowest BCUT2D eigenvalue weighted by atomic mass is 10.3. The zero-order valence-corrected chi connectivity index (χ0v) is 8.05. The number of rotatable bonds is 0. The summed E-state index contributed by atoms with van der Waals surface area (Å²) in [7, 11) is 0. The second-order valence-electron chi connectivity index (χ2n) is 1.67. The van der Waals surface area contributed by atoms with Gasteiger partial charge in [-0.05, 0) is 44.0 Å². The normalized spacial score (nSPS) is 8.90. The molecule has 0 aromatic heterocycles. The Bertz CT molecular complexity index is 270. The molecular formula is C6H3Br2N2+. The van der Waals surface area contributed by atoms with Gasteiger partial charge in [0.15, 0.2) is 4.98 Å². The molecule has 10 heavy (non-hydrogen) atoms. The van der Waals surface area contributed by atoms with Crippen LogP contribution in [0.4, 0.5) is 5.69 Å². The van der Waals surface area contributed by atoms with Crippen molar-refractivity contribution < 1.29 is 0 Å². The van der Waals surface area contributed by atoms with Crippen LogP contribution in [0.5, 0.6) is 0 Å². The first-order valence-electron chi connectivity index (χ1n) is 2.55. The third kappa shape index (κ3) is 1.36. The van der Waals surface area contributed by atoms with Crippen molar-refractivity contribution >= 4 is 37.5 Å². The summed E-state index contributed by atoms with van der Waals surface area (Å²) in [4.78, 5) is 3.08. The monoisotopic (exact) mass is 261 g/mol. The van der Waals surface area contributed by atoms with Crippen molar-refractivity contribution in [1.82, 2.24) is 0 Å². The minimum absolute atomic E-state index is 0.516. The minimum atomic E-state index is 0.516. The predicted molar refractivity (Wildman–Crippen MR) is 46.6 cm³/mol. The summed E-state index contributed by atoms with van der Waals surface area (Å²) < 4.78 is 1.54. The van der Waals surface area contributed by atoms with Crippen LogP contribution in [-0.2, 0) is 0 Å². The van der Waals surface area contributed by atoms with E-state index >= 15 is 0 Å². The molecule has 0 saturated heterocycles. The maximum absolute atomic E-state index is 8.46. The summed E-state index contributed by atoms with van der Waals surface area (Å²) in [5.74, 6) is 0. The van der Waals surface area contributed by atoms with E-state index in [1.54, 1.807) is 12.1 Å². The Labute approximate surface area is 75.1 Å². The Morgan fingerprint density at radius 1 is 1.20 bits per heavy atom. The Hall–Kier alpha value is -0.400. The van der Waals surface area contributed by atoms with Crippen molar-refractivity contribution in [2.45, 2.75) is 0 Å². The lowest BCUT2D eigenvalue weighted by molar-refractivity contribution is 1.44. The fraction of sp³-hybridized carbons (Fsp3) is 0.